The molecule has 3 aliphatic rings. The first kappa shape index (κ1) is 15.1. The predicted molar refractivity (Wildman–Crippen MR) is 85.4 cm³/mol. The van der Waals surface area contributed by atoms with E-state index in [2.05, 4.69) is 5.10 Å². The number of hydrogen-bond acceptors (Lipinski definition) is 4. The summed E-state index contributed by atoms with van der Waals surface area (Å²) in [6.07, 6.45) is 7.31. The van der Waals surface area contributed by atoms with E-state index in [9.17, 15) is 4.79 Å². The molecular weight excluding hydrogens is 292 g/mol. The smallest absolute Gasteiger partial charge is 0.227 e. The number of aromatic nitrogens is 2. The van der Waals surface area contributed by atoms with Gasteiger partial charge in [0.25, 0.3) is 0 Å². The first-order chi connectivity index (χ1) is 11.0. The zero-order valence-corrected chi connectivity index (χ0v) is 13.9. The van der Waals surface area contributed by atoms with Gasteiger partial charge in [-0.2, -0.15) is 5.10 Å². The van der Waals surface area contributed by atoms with Gasteiger partial charge in [0.05, 0.1) is 25.3 Å². The first-order valence-corrected chi connectivity index (χ1v) is 8.65. The third-order valence-electron chi connectivity index (χ3n) is 6.17. The fraction of sp³-hybridized carbons (Fsp3) is 0.765. The molecular formula is C17H26N4O2. The number of nitrogens with zero attached hydrogens (tertiary/aromatic N) is 3. The molecule has 2 aliphatic carbocycles. The van der Waals surface area contributed by atoms with Crippen molar-refractivity contribution in [3.05, 3.63) is 18.0 Å². The van der Waals surface area contributed by atoms with Gasteiger partial charge in [-0.3, -0.25) is 9.48 Å². The maximum atomic E-state index is 13.1. The molecule has 3 fully saturated rings. The summed E-state index contributed by atoms with van der Waals surface area (Å²) in [7, 11) is 1.90. The second kappa shape index (κ2) is 5.31. The van der Waals surface area contributed by atoms with Crippen molar-refractivity contribution in [2.45, 2.75) is 37.8 Å². The standard InChI is InChI=1S/C17H26N4O2/c1-17(13-8-19-20(2)9-13)10-21(5-6-23-17)16(22)14-11-3-4-12(7-11)15(14)18/h8-9,11-12,14-15H,3-7,10,18H2,1-2H3. The molecule has 2 N–H and O–H groups in total. The lowest BCUT2D eigenvalue weighted by molar-refractivity contribution is -0.155. The highest BCUT2D eigenvalue weighted by molar-refractivity contribution is 5.81. The predicted octanol–water partition coefficient (Wildman–Crippen LogP) is 0.868. The van der Waals surface area contributed by atoms with Crippen molar-refractivity contribution in [3.63, 3.8) is 0 Å². The Hall–Kier alpha value is -1.40. The summed E-state index contributed by atoms with van der Waals surface area (Å²) in [4.78, 5) is 15.1. The third-order valence-corrected chi connectivity index (χ3v) is 6.17. The molecule has 23 heavy (non-hydrogen) atoms. The third kappa shape index (κ3) is 2.39. The van der Waals surface area contributed by atoms with Crippen LogP contribution < -0.4 is 5.73 Å². The van der Waals surface area contributed by atoms with Gasteiger partial charge in [0, 0.05) is 31.4 Å². The monoisotopic (exact) mass is 318 g/mol. The topological polar surface area (TPSA) is 73.4 Å². The summed E-state index contributed by atoms with van der Waals surface area (Å²) in [5, 5.41) is 4.24. The molecule has 0 spiro atoms. The molecule has 4 rings (SSSR count). The number of ether oxygens (including phenoxy) is 1. The van der Waals surface area contributed by atoms with Gasteiger partial charge in [0.1, 0.15) is 5.60 Å². The van der Waals surface area contributed by atoms with Crippen molar-refractivity contribution >= 4 is 5.91 Å². The van der Waals surface area contributed by atoms with Gasteiger partial charge in [-0.05, 0) is 38.0 Å². The quantitative estimate of drug-likeness (QED) is 0.878. The van der Waals surface area contributed by atoms with E-state index in [0.717, 1.165) is 12.0 Å². The van der Waals surface area contributed by atoms with E-state index in [1.54, 1.807) is 4.68 Å². The normalized spacial score (nSPS) is 39.9. The zero-order chi connectivity index (χ0) is 16.2. The van der Waals surface area contributed by atoms with E-state index in [4.69, 9.17) is 10.5 Å². The second-order valence-corrected chi connectivity index (χ2v) is 7.68. The lowest BCUT2D eigenvalue weighted by Crippen LogP contribution is -2.55. The number of carbonyl (C=O) groups is 1. The number of fused-ring (bicyclic) bond motifs is 2. The number of hydrogen-bond donors (Lipinski definition) is 1. The van der Waals surface area contributed by atoms with Gasteiger partial charge in [-0.1, -0.05) is 0 Å². The number of aryl methyl sites for hydroxylation is 1. The second-order valence-electron chi connectivity index (χ2n) is 7.68. The molecule has 1 aliphatic heterocycles. The Morgan fingerprint density at radius 2 is 2.22 bits per heavy atom. The summed E-state index contributed by atoms with van der Waals surface area (Å²) >= 11 is 0. The Labute approximate surface area is 137 Å². The summed E-state index contributed by atoms with van der Waals surface area (Å²) in [5.41, 5.74) is 6.90. The average Bonchev–Trinajstić information content (AvgIpc) is 3.22. The van der Waals surface area contributed by atoms with Crippen molar-refractivity contribution in [3.8, 4) is 0 Å². The molecule has 2 saturated carbocycles. The zero-order valence-electron chi connectivity index (χ0n) is 13.9. The van der Waals surface area contributed by atoms with E-state index in [-0.39, 0.29) is 17.9 Å². The summed E-state index contributed by atoms with van der Waals surface area (Å²) in [6.45, 7) is 3.85. The highest BCUT2D eigenvalue weighted by Crippen LogP contribution is 2.48. The number of rotatable bonds is 2. The lowest BCUT2D eigenvalue weighted by atomic mass is 9.83. The molecule has 1 saturated heterocycles. The van der Waals surface area contributed by atoms with Crippen molar-refractivity contribution in [1.29, 1.82) is 0 Å². The summed E-state index contributed by atoms with van der Waals surface area (Å²) < 4.78 is 7.79. The van der Waals surface area contributed by atoms with Crippen LogP contribution in [0.3, 0.4) is 0 Å². The molecule has 5 atom stereocenters. The van der Waals surface area contributed by atoms with Gasteiger partial charge in [0.15, 0.2) is 0 Å². The fourth-order valence-corrected chi connectivity index (χ4v) is 4.84. The summed E-state index contributed by atoms with van der Waals surface area (Å²) in [6, 6.07) is 0.0498. The minimum atomic E-state index is -0.482. The molecule has 6 heteroatoms. The van der Waals surface area contributed by atoms with Crippen molar-refractivity contribution in [2.24, 2.45) is 30.5 Å². The van der Waals surface area contributed by atoms with Gasteiger partial charge in [0.2, 0.25) is 5.91 Å². The number of nitrogens with two attached hydrogens (primary N) is 1. The van der Waals surface area contributed by atoms with Crippen LogP contribution in [0.25, 0.3) is 0 Å². The molecule has 1 amide bonds. The largest absolute Gasteiger partial charge is 0.367 e. The van der Waals surface area contributed by atoms with E-state index in [1.165, 1.54) is 12.8 Å². The van der Waals surface area contributed by atoms with Gasteiger partial charge >= 0.3 is 0 Å². The Bertz CT molecular complexity index is 613. The van der Waals surface area contributed by atoms with Crippen LogP contribution >= 0.6 is 0 Å². The van der Waals surface area contributed by atoms with Gasteiger partial charge < -0.3 is 15.4 Å². The number of carbonyl (C=O) groups excluding carboxylic acids is 1. The van der Waals surface area contributed by atoms with E-state index in [1.807, 2.05) is 31.3 Å². The van der Waals surface area contributed by atoms with Crippen molar-refractivity contribution in [1.82, 2.24) is 14.7 Å². The molecule has 5 unspecified atom stereocenters. The molecule has 1 aromatic heterocycles. The van der Waals surface area contributed by atoms with E-state index in [0.29, 0.717) is 31.5 Å². The minimum absolute atomic E-state index is 0.0185. The molecule has 126 valence electrons. The van der Waals surface area contributed by atoms with Crippen molar-refractivity contribution in [2.75, 3.05) is 19.7 Å². The van der Waals surface area contributed by atoms with Crippen molar-refractivity contribution < 1.29 is 9.53 Å². The van der Waals surface area contributed by atoms with Gasteiger partial charge in [-0.15, -0.1) is 0 Å². The Morgan fingerprint density at radius 3 is 2.87 bits per heavy atom. The van der Waals surface area contributed by atoms with Crippen LogP contribution in [0.5, 0.6) is 0 Å². The average molecular weight is 318 g/mol. The highest BCUT2D eigenvalue weighted by atomic mass is 16.5. The maximum absolute atomic E-state index is 13.1. The first-order valence-electron chi connectivity index (χ1n) is 8.65. The maximum Gasteiger partial charge on any atom is 0.227 e. The van der Waals surface area contributed by atoms with Crippen LogP contribution in [0, 0.1) is 17.8 Å². The molecule has 1 aromatic rings. The number of morpholine rings is 1. The molecule has 2 bridgehead atoms. The van der Waals surface area contributed by atoms with Crippen LogP contribution in [-0.4, -0.2) is 46.3 Å². The number of amides is 1. The summed E-state index contributed by atoms with van der Waals surface area (Å²) in [5.74, 6) is 1.31. The minimum Gasteiger partial charge on any atom is -0.367 e. The Morgan fingerprint density at radius 1 is 1.43 bits per heavy atom. The van der Waals surface area contributed by atoms with Crippen LogP contribution in [0.1, 0.15) is 31.7 Å². The highest BCUT2D eigenvalue weighted by Gasteiger charge is 2.51. The molecule has 6 nitrogen and oxygen atoms in total. The van der Waals surface area contributed by atoms with Crippen LogP contribution in [0.4, 0.5) is 0 Å². The Balaban J connectivity index is 1.52. The molecule has 0 radical (unpaired) electrons. The van der Waals surface area contributed by atoms with E-state index >= 15 is 0 Å². The Kier molecular flexibility index (Phi) is 3.50. The fourth-order valence-electron chi connectivity index (χ4n) is 4.84. The lowest BCUT2D eigenvalue weighted by Gasteiger charge is -2.42. The van der Waals surface area contributed by atoms with Crippen LogP contribution in [-0.2, 0) is 22.2 Å². The van der Waals surface area contributed by atoms with Gasteiger partial charge in [-0.25, -0.2) is 0 Å². The van der Waals surface area contributed by atoms with Crippen LogP contribution in [0.2, 0.25) is 0 Å². The van der Waals surface area contributed by atoms with Crippen LogP contribution in [0.15, 0.2) is 12.4 Å². The van der Waals surface area contributed by atoms with E-state index < -0.39 is 5.60 Å². The molecule has 0 aromatic carbocycles. The SMILES string of the molecule is Cn1cc(C2(C)CN(C(=O)C3C4CCC(C4)C3N)CCO2)cn1. The molecule has 2 heterocycles.